The fourth-order valence-electron chi connectivity index (χ4n) is 0.738. The molecule has 3 heteroatoms. The fraction of sp³-hybridized carbons (Fsp3) is 0.444. The molecule has 1 rings (SSSR count). The van der Waals surface area contributed by atoms with E-state index in [4.69, 9.17) is 5.11 Å². The third-order valence-electron chi connectivity index (χ3n) is 1.19. The molecule has 0 aromatic heterocycles. The van der Waals surface area contributed by atoms with E-state index in [0.29, 0.717) is 6.54 Å². The maximum atomic E-state index is 9.97. The van der Waals surface area contributed by atoms with Crippen LogP contribution in [0.2, 0.25) is 0 Å². The largest absolute Gasteiger partial charge is 0.397 e. The Morgan fingerprint density at radius 2 is 2.25 bits per heavy atom. The van der Waals surface area contributed by atoms with E-state index in [1.165, 1.54) is 0 Å². The minimum Gasteiger partial charge on any atom is -0.397 e. The molecule has 68 valence electrons. The average molecular weight is 169 g/mol. The van der Waals surface area contributed by atoms with Crippen LogP contribution in [0, 0.1) is 0 Å². The number of rotatable bonds is 2. The van der Waals surface area contributed by atoms with E-state index in [1.54, 1.807) is 6.92 Å². The number of aldehydes is 1. The predicted octanol–water partition coefficient (Wildman–Crippen LogP) is 0.569. The normalized spacial score (nSPS) is 13.7. The van der Waals surface area contributed by atoms with Gasteiger partial charge < -0.3 is 14.8 Å². The van der Waals surface area contributed by atoms with Gasteiger partial charge in [0.15, 0.2) is 0 Å². The molecule has 0 bridgehead atoms. The van der Waals surface area contributed by atoms with Gasteiger partial charge in [0.1, 0.15) is 6.29 Å². The van der Waals surface area contributed by atoms with Gasteiger partial charge >= 0.3 is 0 Å². The third kappa shape index (κ3) is 5.68. The summed E-state index contributed by atoms with van der Waals surface area (Å²) in [6.07, 6.45) is 8.73. The zero-order chi connectivity index (χ0) is 9.23. The molecule has 0 unspecified atom stereocenters. The Morgan fingerprint density at radius 3 is 2.67 bits per heavy atom. The Morgan fingerprint density at radius 1 is 1.58 bits per heavy atom. The van der Waals surface area contributed by atoms with Gasteiger partial charge in [0.05, 0.1) is 6.54 Å². The van der Waals surface area contributed by atoms with E-state index in [2.05, 4.69) is 0 Å². The van der Waals surface area contributed by atoms with Crippen LogP contribution >= 0.6 is 0 Å². The number of aliphatic hydroxyl groups excluding tert-OH is 1. The van der Waals surface area contributed by atoms with Gasteiger partial charge in [-0.15, -0.1) is 0 Å². The van der Waals surface area contributed by atoms with Gasteiger partial charge in [0.25, 0.3) is 0 Å². The highest BCUT2D eigenvalue weighted by atomic mass is 16.2. The summed E-state index contributed by atoms with van der Waals surface area (Å²) in [5.41, 5.74) is 0. The first-order valence-corrected chi connectivity index (χ1v) is 3.97. The number of allylic oxidation sites excluding steroid dienone is 2. The van der Waals surface area contributed by atoms with Crippen LogP contribution in [0.25, 0.3) is 0 Å². The van der Waals surface area contributed by atoms with Crippen molar-refractivity contribution < 1.29 is 9.90 Å². The molecule has 0 spiro atoms. The topological polar surface area (TPSA) is 40.5 Å². The van der Waals surface area contributed by atoms with Crippen molar-refractivity contribution in [1.29, 1.82) is 0 Å². The van der Waals surface area contributed by atoms with Gasteiger partial charge in [-0.2, -0.15) is 0 Å². The van der Waals surface area contributed by atoms with Crippen LogP contribution in [0.5, 0.6) is 0 Å². The summed E-state index contributed by atoms with van der Waals surface area (Å²) in [5.74, 6) is 0. The highest BCUT2D eigenvalue weighted by Gasteiger charge is 1.95. The molecular formula is C9H15NO2. The molecule has 0 aromatic rings. The first-order chi connectivity index (χ1) is 5.85. The van der Waals surface area contributed by atoms with Crippen molar-refractivity contribution in [2.75, 3.05) is 19.7 Å². The number of aliphatic hydroxyl groups is 1. The van der Waals surface area contributed by atoms with Crippen LogP contribution < -0.4 is 0 Å². The lowest BCUT2D eigenvalue weighted by Crippen LogP contribution is -2.20. The Labute approximate surface area is 73.0 Å². The Balaban J connectivity index is 0.000000354. The molecule has 1 N–H and O–H groups in total. The summed E-state index contributed by atoms with van der Waals surface area (Å²) in [4.78, 5) is 11.9. The molecule has 0 aliphatic carbocycles. The second-order valence-corrected chi connectivity index (χ2v) is 2.21. The Kier molecular flexibility index (Phi) is 7.28. The van der Waals surface area contributed by atoms with Crippen molar-refractivity contribution in [2.24, 2.45) is 0 Å². The summed E-state index contributed by atoms with van der Waals surface area (Å²) >= 11 is 0. The van der Waals surface area contributed by atoms with E-state index in [1.807, 2.05) is 29.3 Å². The van der Waals surface area contributed by atoms with Crippen molar-refractivity contribution in [3.63, 3.8) is 0 Å². The van der Waals surface area contributed by atoms with Gasteiger partial charge in [0, 0.05) is 13.2 Å². The summed E-state index contributed by atoms with van der Waals surface area (Å²) < 4.78 is 0. The standard InChI is InChI=1S/C7H9NO.C2H6O/c9-7-6-8-4-2-1-3-5-8;1-2-3/h1-4,7H,5-6H2;3H,2H2,1H3. The molecule has 0 saturated heterocycles. The molecule has 0 atom stereocenters. The Bertz CT molecular complexity index is 162. The SMILES string of the molecule is CCO.O=CCN1C=CC=CC1. The summed E-state index contributed by atoms with van der Waals surface area (Å²) in [6, 6.07) is 0. The molecule has 0 saturated carbocycles. The summed E-state index contributed by atoms with van der Waals surface area (Å²) in [7, 11) is 0. The molecule has 1 aliphatic heterocycles. The summed E-state index contributed by atoms with van der Waals surface area (Å²) in [6.45, 7) is 3.29. The second kappa shape index (κ2) is 8.01. The van der Waals surface area contributed by atoms with E-state index in [9.17, 15) is 4.79 Å². The second-order valence-electron chi connectivity index (χ2n) is 2.21. The molecule has 0 aromatic carbocycles. The lowest BCUT2D eigenvalue weighted by molar-refractivity contribution is -0.108. The van der Waals surface area contributed by atoms with Crippen LogP contribution in [0.1, 0.15) is 6.92 Å². The Hall–Kier alpha value is -1.09. The van der Waals surface area contributed by atoms with Crippen LogP contribution in [0.15, 0.2) is 24.4 Å². The van der Waals surface area contributed by atoms with Crippen LogP contribution in [-0.2, 0) is 4.79 Å². The molecule has 12 heavy (non-hydrogen) atoms. The smallest absolute Gasteiger partial charge is 0.139 e. The fourth-order valence-corrected chi connectivity index (χ4v) is 0.738. The highest BCUT2D eigenvalue weighted by molar-refractivity contribution is 5.52. The zero-order valence-electron chi connectivity index (χ0n) is 7.31. The van der Waals surface area contributed by atoms with Gasteiger partial charge in [-0.1, -0.05) is 12.2 Å². The van der Waals surface area contributed by atoms with Gasteiger partial charge in [-0.25, -0.2) is 0 Å². The molecule has 0 fully saturated rings. The van der Waals surface area contributed by atoms with Gasteiger partial charge in [0.2, 0.25) is 0 Å². The molecular weight excluding hydrogens is 154 g/mol. The van der Waals surface area contributed by atoms with Gasteiger partial charge in [-0.05, 0) is 19.2 Å². The third-order valence-corrected chi connectivity index (χ3v) is 1.19. The minimum atomic E-state index is 0.250. The van der Waals surface area contributed by atoms with Crippen molar-refractivity contribution in [2.45, 2.75) is 6.92 Å². The summed E-state index contributed by atoms with van der Waals surface area (Å²) in [5, 5.41) is 7.57. The lowest BCUT2D eigenvalue weighted by atomic mass is 10.3. The quantitative estimate of drug-likeness (QED) is 0.614. The molecule has 3 nitrogen and oxygen atoms in total. The maximum Gasteiger partial charge on any atom is 0.139 e. The molecule has 0 radical (unpaired) electrons. The van der Waals surface area contributed by atoms with Crippen LogP contribution in [0.3, 0.4) is 0 Å². The van der Waals surface area contributed by atoms with Crippen molar-refractivity contribution >= 4 is 6.29 Å². The van der Waals surface area contributed by atoms with Crippen molar-refractivity contribution in [1.82, 2.24) is 4.90 Å². The number of nitrogens with zero attached hydrogens (tertiary/aromatic N) is 1. The minimum absolute atomic E-state index is 0.250. The van der Waals surface area contributed by atoms with Crippen LogP contribution in [0.4, 0.5) is 0 Å². The van der Waals surface area contributed by atoms with Crippen molar-refractivity contribution in [3.8, 4) is 0 Å². The number of carbonyl (C=O) groups excluding carboxylic acids is 1. The maximum absolute atomic E-state index is 9.97. The first kappa shape index (κ1) is 10.9. The first-order valence-electron chi connectivity index (χ1n) is 3.97. The highest BCUT2D eigenvalue weighted by Crippen LogP contribution is 1.95. The number of hydrogen-bond acceptors (Lipinski definition) is 3. The average Bonchev–Trinajstić information content (AvgIpc) is 2.08. The molecule has 0 amide bonds. The van der Waals surface area contributed by atoms with Crippen LogP contribution in [-0.4, -0.2) is 36.0 Å². The number of hydrogen-bond donors (Lipinski definition) is 1. The van der Waals surface area contributed by atoms with E-state index in [0.717, 1.165) is 12.8 Å². The predicted molar refractivity (Wildman–Crippen MR) is 48.7 cm³/mol. The molecule has 1 aliphatic rings. The lowest BCUT2D eigenvalue weighted by Gasteiger charge is -2.16. The zero-order valence-corrected chi connectivity index (χ0v) is 7.31. The van der Waals surface area contributed by atoms with E-state index < -0.39 is 0 Å². The van der Waals surface area contributed by atoms with Crippen molar-refractivity contribution in [3.05, 3.63) is 24.4 Å². The van der Waals surface area contributed by atoms with E-state index in [-0.39, 0.29) is 6.61 Å². The van der Waals surface area contributed by atoms with E-state index >= 15 is 0 Å². The van der Waals surface area contributed by atoms with Gasteiger partial charge in [-0.3, -0.25) is 0 Å². The monoisotopic (exact) mass is 169 g/mol. The molecule has 1 heterocycles. The number of carbonyl (C=O) groups is 1.